The largest absolute Gasteiger partial charge is 0.490 e. The maximum absolute atomic E-state index is 11.6. The molecule has 10 nitrogen and oxygen atoms in total. The molecule has 0 atom stereocenters. The molecule has 4 aromatic rings. The molecule has 0 radical (unpaired) electrons. The number of pyridine rings is 1. The highest BCUT2D eigenvalue weighted by molar-refractivity contribution is 5.75. The number of anilines is 1. The number of benzene rings is 2. The van der Waals surface area contributed by atoms with Crippen LogP contribution in [0.2, 0.25) is 0 Å². The number of hydrogen-bond donors (Lipinski definition) is 2. The van der Waals surface area contributed by atoms with Crippen molar-refractivity contribution in [1.82, 2.24) is 14.7 Å². The van der Waals surface area contributed by atoms with Gasteiger partial charge >= 0.3 is 17.4 Å². The van der Waals surface area contributed by atoms with Crippen LogP contribution in [0.5, 0.6) is 5.75 Å². The van der Waals surface area contributed by atoms with Crippen LogP contribution >= 0.6 is 0 Å². The second-order valence-corrected chi connectivity index (χ2v) is 8.96. The number of rotatable bonds is 10. The fraction of sp³-hybridized carbons (Fsp3) is 0.286. The van der Waals surface area contributed by atoms with Gasteiger partial charge in [-0.2, -0.15) is 0 Å². The van der Waals surface area contributed by atoms with E-state index in [1.54, 1.807) is 6.20 Å². The van der Waals surface area contributed by atoms with Gasteiger partial charge in [-0.15, -0.1) is 4.74 Å². The number of esters is 1. The highest BCUT2D eigenvalue weighted by Gasteiger charge is 2.13. The van der Waals surface area contributed by atoms with Crippen molar-refractivity contribution in [2.45, 2.75) is 40.8 Å². The van der Waals surface area contributed by atoms with E-state index in [0.717, 1.165) is 49.4 Å². The molecule has 0 aliphatic rings. The third-order valence-electron chi connectivity index (χ3n) is 6.12. The third kappa shape index (κ3) is 6.39. The monoisotopic (exact) mass is 518 g/mol. The Morgan fingerprint density at radius 2 is 1.84 bits per heavy atom. The quantitative estimate of drug-likeness (QED) is 0.240. The van der Waals surface area contributed by atoms with Crippen molar-refractivity contribution in [2.24, 2.45) is 0 Å². The number of H-pyrrole nitrogens is 1. The molecule has 4 rings (SSSR count). The minimum Gasteiger partial charge on any atom is -0.490 e. The SMILES string of the molecule is CC(=O)OCCOc1cc(C)c(-c2cccc(CNc3ccc(Cn4oc(=O)[nH]c4=O)cn3)c2C)c(C)c1. The zero-order valence-electron chi connectivity index (χ0n) is 21.8. The molecule has 2 aromatic carbocycles. The van der Waals surface area contributed by atoms with Gasteiger partial charge in [-0.1, -0.05) is 24.3 Å². The lowest BCUT2D eigenvalue weighted by molar-refractivity contribution is -0.141. The van der Waals surface area contributed by atoms with Gasteiger partial charge in [0.2, 0.25) is 0 Å². The number of carbonyl (C=O) groups excluding carboxylic acids is 1. The number of aromatic nitrogens is 3. The van der Waals surface area contributed by atoms with Gasteiger partial charge in [0.15, 0.2) is 0 Å². The number of hydrogen-bond acceptors (Lipinski definition) is 8. The number of ether oxygens (including phenoxy) is 2. The van der Waals surface area contributed by atoms with E-state index in [0.29, 0.717) is 19.0 Å². The molecule has 10 heteroatoms. The van der Waals surface area contributed by atoms with Crippen LogP contribution in [0.4, 0.5) is 5.82 Å². The summed E-state index contributed by atoms with van der Waals surface area (Å²) in [5, 5.41) is 3.35. The summed E-state index contributed by atoms with van der Waals surface area (Å²) >= 11 is 0. The zero-order valence-corrected chi connectivity index (χ0v) is 21.8. The van der Waals surface area contributed by atoms with Gasteiger partial charge in [0.1, 0.15) is 24.8 Å². The Kier molecular flexibility index (Phi) is 8.10. The second kappa shape index (κ2) is 11.6. The average molecular weight is 519 g/mol. The van der Waals surface area contributed by atoms with E-state index in [4.69, 9.17) is 14.0 Å². The van der Waals surface area contributed by atoms with Gasteiger partial charge in [-0.05, 0) is 77.9 Å². The summed E-state index contributed by atoms with van der Waals surface area (Å²) in [6, 6.07) is 13.9. The Labute approximate surface area is 219 Å². The van der Waals surface area contributed by atoms with Crippen LogP contribution in [0.1, 0.15) is 34.7 Å². The van der Waals surface area contributed by atoms with Crippen LogP contribution in [-0.2, 0) is 22.6 Å². The van der Waals surface area contributed by atoms with Crippen molar-refractivity contribution in [3.63, 3.8) is 0 Å². The molecule has 0 amide bonds. The first-order valence-electron chi connectivity index (χ1n) is 12.2. The molecule has 198 valence electrons. The topological polar surface area (TPSA) is 128 Å². The van der Waals surface area contributed by atoms with Gasteiger partial charge in [-0.3, -0.25) is 4.79 Å². The van der Waals surface area contributed by atoms with E-state index in [1.807, 2.05) is 30.3 Å². The lowest BCUT2D eigenvalue weighted by Gasteiger charge is -2.18. The summed E-state index contributed by atoms with van der Waals surface area (Å²) in [4.78, 5) is 40.2. The second-order valence-electron chi connectivity index (χ2n) is 8.96. The highest BCUT2D eigenvalue weighted by atomic mass is 16.6. The van der Waals surface area contributed by atoms with Crippen molar-refractivity contribution < 1.29 is 18.8 Å². The molecule has 0 saturated heterocycles. The first kappa shape index (κ1) is 26.5. The number of nitrogens with one attached hydrogen (secondary N) is 2. The molecule has 0 aliphatic heterocycles. The summed E-state index contributed by atoms with van der Waals surface area (Å²) < 4.78 is 16.4. The predicted octanol–water partition coefficient (Wildman–Crippen LogP) is 3.72. The molecule has 2 N–H and O–H groups in total. The smallest absolute Gasteiger partial charge is 0.440 e. The molecule has 2 heterocycles. The summed E-state index contributed by atoms with van der Waals surface area (Å²) in [5.74, 6) is 0.314. The van der Waals surface area contributed by atoms with Gasteiger partial charge < -0.3 is 19.3 Å². The van der Waals surface area contributed by atoms with Gasteiger partial charge in [0.25, 0.3) is 0 Å². The third-order valence-corrected chi connectivity index (χ3v) is 6.12. The minimum absolute atomic E-state index is 0.112. The first-order chi connectivity index (χ1) is 18.2. The summed E-state index contributed by atoms with van der Waals surface area (Å²) in [6.45, 7) is 8.80. The summed E-state index contributed by atoms with van der Waals surface area (Å²) in [5.41, 5.74) is 6.91. The number of carbonyl (C=O) groups is 1. The van der Waals surface area contributed by atoms with E-state index >= 15 is 0 Å². The highest BCUT2D eigenvalue weighted by Crippen LogP contribution is 2.34. The van der Waals surface area contributed by atoms with Gasteiger partial charge in [-0.25, -0.2) is 19.6 Å². The van der Waals surface area contributed by atoms with Crippen LogP contribution in [-0.4, -0.2) is 33.9 Å². The van der Waals surface area contributed by atoms with E-state index in [2.05, 4.69) is 48.2 Å². The number of nitrogens with zero attached hydrogens (tertiary/aromatic N) is 2. The maximum Gasteiger partial charge on any atom is 0.440 e. The summed E-state index contributed by atoms with van der Waals surface area (Å²) in [7, 11) is 0. The Morgan fingerprint density at radius 1 is 1.08 bits per heavy atom. The van der Waals surface area contributed by atoms with E-state index in [-0.39, 0.29) is 19.1 Å². The summed E-state index contributed by atoms with van der Waals surface area (Å²) in [6.07, 6.45) is 1.63. The van der Waals surface area contributed by atoms with Crippen LogP contribution < -0.4 is 21.5 Å². The van der Waals surface area contributed by atoms with E-state index in [9.17, 15) is 14.4 Å². The van der Waals surface area contributed by atoms with E-state index in [1.165, 1.54) is 6.92 Å². The predicted molar refractivity (Wildman–Crippen MR) is 142 cm³/mol. The first-order valence-corrected chi connectivity index (χ1v) is 12.2. The zero-order chi connectivity index (χ0) is 27.2. The lowest BCUT2D eigenvalue weighted by atomic mass is 9.90. The van der Waals surface area contributed by atoms with Crippen LogP contribution in [0.15, 0.2) is 62.8 Å². The van der Waals surface area contributed by atoms with Gasteiger partial charge in [0, 0.05) is 19.7 Å². The number of aryl methyl sites for hydroxylation is 2. The van der Waals surface area contributed by atoms with Crippen LogP contribution in [0, 0.1) is 20.8 Å². The Bertz CT molecular complexity index is 1530. The molecule has 38 heavy (non-hydrogen) atoms. The molecule has 0 unspecified atom stereocenters. The molecule has 0 spiro atoms. The molecule has 0 aliphatic carbocycles. The molecule has 2 aromatic heterocycles. The van der Waals surface area contributed by atoms with Crippen molar-refractivity contribution >= 4 is 11.8 Å². The Balaban J connectivity index is 1.44. The molecular formula is C28H30N4O6. The van der Waals surface area contributed by atoms with Crippen molar-refractivity contribution in [3.8, 4) is 16.9 Å². The number of aromatic amines is 1. The fourth-order valence-electron chi connectivity index (χ4n) is 4.31. The fourth-order valence-corrected chi connectivity index (χ4v) is 4.31. The molecule has 0 bridgehead atoms. The molecule has 0 fully saturated rings. The Hall–Kier alpha value is -4.60. The minimum atomic E-state index is -0.787. The standard InChI is InChI=1S/C28H30N4O6/c1-17-12-23(37-11-10-36-20(4)33)13-18(2)26(17)24-7-5-6-22(19(24)3)15-30-25-9-8-21(14-29-25)16-32-27(34)31-28(35)38-32/h5-9,12-14H,10-11,15-16H2,1-4H3,(H,29,30)(H,31,34,35). The van der Waals surface area contributed by atoms with Crippen molar-refractivity contribution in [3.05, 3.63) is 97.5 Å². The van der Waals surface area contributed by atoms with Crippen LogP contribution in [0.3, 0.4) is 0 Å². The maximum atomic E-state index is 11.6. The van der Waals surface area contributed by atoms with Crippen molar-refractivity contribution in [1.29, 1.82) is 0 Å². The van der Waals surface area contributed by atoms with E-state index < -0.39 is 11.4 Å². The average Bonchev–Trinajstić information content (AvgIpc) is 3.18. The Morgan fingerprint density at radius 3 is 2.47 bits per heavy atom. The lowest BCUT2D eigenvalue weighted by Crippen LogP contribution is -2.17. The van der Waals surface area contributed by atoms with Crippen LogP contribution in [0.25, 0.3) is 11.1 Å². The molecule has 0 saturated carbocycles. The van der Waals surface area contributed by atoms with Crippen molar-refractivity contribution in [2.75, 3.05) is 18.5 Å². The van der Waals surface area contributed by atoms with Gasteiger partial charge in [0.05, 0.1) is 6.54 Å². The molecular weight excluding hydrogens is 488 g/mol. The normalized spacial score (nSPS) is 10.8.